The van der Waals surface area contributed by atoms with Gasteiger partial charge in [-0.15, -0.1) is 0 Å². The Kier molecular flexibility index (Phi) is 11.5. The molecule has 4 rings (SSSR count). The second-order valence-corrected chi connectivity index (χ2v) is 11.2. The first-order chi connectivity index (χ1) is 19.8. The van der Waals surface area contributed by atoms with Gasteiger partial charge in [0.15, 0.2) is 18.9 Å². The highest BCUT2D eigenvalue weighted by Gasteiger charge is 2.54. The van der Waals surface area contributed by atoms with Crippen molar-refractivity contribution in [1.29, 1.82) is 0 Å². The van der Waals surface area contributed by atoms with Gasteiger partial charge in [0.1, 0.15) is 67.1 Å². The Morgan fingerprint density at radius 1 is 0.524 bits per heavy atom. The minimum Gasteiger partial charge on any atom is -0.394 e. The molecule has 1 saturated carbocycles. The maximum absolute atomic E-state index is 11.1. The number of hydrogen-bond donors (Lipinski definition) is 13. The summed E-state index contributed by atoms with van der Waals surface area (Å²) >= 11 is 0. The molecule has 19 heteroatoms. The van der Waals surface area contributed by atoms with Crippen molar-refractivity contribution in [3.05, 3.63) is 0 Å². The van der Waals surface area contributed by atoms with Crippen molar-refractivity contribution in [1.82, 2.24) is 0 Å². The number of aliphatic hydroxyl groups excluding tert-OH is 8. The molecule has 3 heterocycles. The third-order valence-electron chi connectivity index (χ3n) is 8.32. The molecule has 0 amide bonds. The van der Waals surface area contributed by atoms with Gasteiger partial charge >= 0.3 is 0 Å². The van der Waals surface area contributed by atoms with Crippen molar-refractivity contribution < 1.29 is 69.3 Å². The molecule has 18 N–H and O–H groups in total. The van der Waals surface area contributed by atoms with Crippen LogP contribution in [-0.2, 0) is 28.4 Å². The van der Waals surface area contributed by atoms with Gasteiger partial charge in [-0.2, -0.15) is 0 Å². The van der Waals surface area contributed by atoms with E-state index in [1.54, 1.807) is 0 Å². The van der Waals surface area contributed by atoms with Crippen molar-refractivity contribution in [2.45, 2.75) is 123 Å². The lowest BCUT2D eigenvalue weighted by molar-refractivity contribution is -0.310. The first-order valence-corrected chi connectivity index (χ1v) is 13.8. The quantitative estimate of drug-likeness (QED) is 0.114. The van der Waals surface area contributed by atoms with Gasteiger partial charge in [0.2, 0.25) is 0 Å². The van der Waals surface area contributed by atoms with Gasteiger partial charge in [0.05, 0.1) is 31.4 Å². The average molecular weight is 616 g/mol. The van der Waals surface area contributed by atoms with Gasteiger partial charge in [-0.3, -0.25) is 0 Å². The third-order valence-corrected chi connectivity index (χ3v) is 8.32. The van der Waals surface area contributed by atoms with E-state index in [4.69, 9.17) is 57.1 Å². The van der Waals surface area contributed by atoms with Crippen LogP contribution in [0.5, 0.6) is 0 Å². The summed E-state index contributed by atoms with van der Waals surface area (Å²) in [5.74, 6) is 0. The highest BCUT2D eigenvalue weighted by Crippen LogP contribution is 2.34. The normalized spacial score (nSPS) is 53.8. The molecule has 246 valence electrons. The van der Waals surface area contributed by atoms with Gasteiger partial charge in [-0.1, -0.05) is 0 Å². The average Bonchev–Trinajstić information content (AvgIpc) is 3.27. The molecule has 0 spiro atoms. The summed E-state index contributed by atoms with van der Waals surface area (Å²) in [4.78, 5) is 0. The topological polar surface area (TPSA) is 347 Å². The predicted molar refractivity (Wildman–Crippen MR) is 136 cm³/mol. The zero-order valence-corrected chi connectivity index (χ0v) is 22.7. The first kappa shape index (κ1) is 34.1. The first-order valence-electron chi connectivity index (χ1n) is 13.8. The number of nitrogens with two attached hydrogens (primary N) is 5. The summed E-state index contributed by atoms with van der Waals surface area (Å²) in [5, 5.41) is 82.3. The molecule has 4 fully saturated rings. The third kappa shape index (κ3) is 6.60. The minimum atomic E-state index is -1.62. The Labute approximate surface area is 240 Å². The van der Waals surface area contributed by atoms with Crippen LogP contribution in [0.4, 0.5) is 0 Å². The van der Waals surface area contributed by atoms with Crippen LogP contribution in [0, 0.1) is 0 Å². The van der Waals surface area contributed by atoms with E-state index in [2.05, 4.69) is 0 Å². The Morgan fingerprint density at radius 2 is 1.00 bits per heavy atom. The number of rotatable bonds is 9. The van der Waals surface area contributed by atoms with E-state index < -0.39 is 129 Å². The summed E-state index contributed by atoms with van der Waals surface area (Å²) in [6.07, 6.45) is -20.5. The van der Waals surface area contributed by atoms with Crippen molar-refractivity contribution in [2.75, 3.05) is 19.8 Å². The second-order valence-electron chi connectivity index (χ2n) is 11.2. The molecule has 0 bridgehead atoms. The summed E-state index contributed by atoms with van der Waals surface area (Å²) in [6, 6.07) is -4.30. The largest absolute Gasteiger partial charge is 0.394 e. The molecular weight excluding hydrogens is 570 g/mol. The van der Waals surface area contributed by atoms with E-state index in [0.29, 0.717) is 0 Å². The smallest absolute Gasteiger partial charge is 0.187 e. The van der Waals surface area contributed by atoms with E-state index in [0.717, 1.165) is 0 Å². The van der Waals surface area contributed by atoms with Gasteiger partial charge in [0, 0.05) is 18.6 Å². The SMILES string of the molecule is NC[C@H]1O[C@H](OC2C(O)[C@H](O[C@@H]3C(O)[C@H](N)CC(N)[C@H]3O[C@H]3OC(CO)[C@@H](O)[C@H](O)C3N)O[C@@H]2CO)C(N)C(O)[C@@H]1O. The monoisotopic (exact) mass is 615 g/mol. The van der Waals surface area contributed by atoms with Gasteiger partial charge in [0.25, 0.3) is 0 Å². The number of hydrogen-bond acceptors (Lipinski definition) is 19. The van der Waals surface area contributed by atoms with Crippen LogP contribution >= 0.6 is 0 Å². The molecule has 19 nitrogen and oxygen atoms in total. The zero-order chi connectivity index (χ0) is 31.0. The summed E-state index contributed by atoms with van der Waals surface area (Å²) in [5.41, 5.74) is 29.9. The molecule has 0 aromatic carbocycles. The van der Waals surface area contributed by atoms with Crippen LogP contribution in [0.15, 0.2) is 0 Å². The van der Waals surface area contributed by atoms with E-state index in [9.17, 15) is 40.9 Å². The van der Waals surface area contributed by atoms with Crippen molar-refractivity contribution in [2.24, 2.45) is 28.7 Å². The number of ether oxygens (including phenoxy) is 6. The fourth-order valence-electron chi connectivity index (χ4n) is 5.70. The molecule has 0 radical (unpaired) electrons. The molecular formula is C23H45N5O14. The van der Waals surface area contributed by atoms with E-state index in [1.165, 1.54) is 0 Å². The molecule has 3 aliphatic heterocycles. The Hall–Kier alpha value is -0.760. The van der Waals surface area contributed by atoms with E-state index >= 15 is 0 Å². The molecule has 19 atom stereocenters. The van der Waals surface area contributed by atoms with Crippen molar-refractivity contribution >= 4 is 0 Å². The molecule has 3 saturated heterocycles. The standard InChI is InChI=1S/C23H45N5O14/c24-2-7-13(32)15(34)10(27)21(37-7)41-19-9(4-30)39-23(17(19)36)42-20-12(31)5(25)1-6(26)18(20)40-22-11(28)16(35)14(33)8(3-29)38-22/h5-23,29-36H,1-4,24-28H2/t5-,6?,7-,8?,9-,10?,11?,12?,13-,14-,15?,16-,17?,18-,19?,20-,21-,22-,23+/m1/s1. The summed E-state index contributed by atoms with van der Waals surface area (Å²) < 4.78 is 34.4. The molecule has 8 unspecified atom stereocenters. The molecule has 0 aromatic heterocycles. The lowest BCUT2D eigenvalue weighted by Crippen LogP contribution is -2.68. The lowest BCUT2D eigenvalue weighted by atomic mass is 9.84. The molecule has 4 aliphatic rings. The molecule has 1 aliphatic carbocycles. The van der Waals surface area contributed by atoms with Gasteiger partial charge < -0.3 is 97.9 Å². The van der Waals surface area contributed by atoms with Crippen LogP contribution in [0.25, 0.3) is 0 Å². The zero-order valence-electron chi connectivity index (χ0n) is 22.7. The minimum absolute atomic E-state index is 0.0642. The van der Waals surface area contributed by atoms with Crippen LogP contribution in [0.1, 0.15) is 6.42 Å². The highest BCUT2D eigenvalue weighted by atomic mass is 16.8. The van der Waals surface area contributed by atoms with Gasteiger partial charge in [-0.25, -0.2) is 0 Å². The predicted octanol–water partition coefficient (Wildman–Crippen LogP) is -8.86. The van der Waals surface area contributed by atoms with Crippen LogP contribution in [0.3, 0.4) is 0 Å². The maximum atomic E-state index is 11.1. The molecule has 42 heavy (non-hydrogen) atoms. The van der Waals surface area contributed by atoms with Crippen LogP contribution in [0.2, 0.25) is 0 Å². The van der Waals surface area contributed by atoms with E-state index in [-0.39, 0.29) is 13.0 Å². The van der Waals surface area contributed by atoms with Gasteiger partial charge in [-0.05, 0) is 6.42 Å². The van der Waals surface area contributed by atoms with Crippen LogP contribution < -0.4 is 28.7 Å². The Morgan fingerprint density at radius 3 is 1.55 bits per heavy atom. The van der Waals surface area contributed by atoms with Crippen LogP contribution in [-0.4, -0.2) is 177 Å². The fraction of sp³-hybridized carbons (Fsp3) is 1.00. The molecule has 0 aromatic rings. The van der Waals surface area contributed by atoms with Crippen molar-refractivity contribution in [3.63, 3.8) is 0 Å². The number of aliphatic hydroxyl groups is 8. The van der Waals surface area contributed by atoms with E-state index in [1.807, 2.05) is 0 Å². The summed E-state index contributed by atoms with van der Waals surface area (Å²) in [7, 11) is 0. The fourth-order valence-corrected chi connectivity index (χ4v) is 5.70. The second kappa shape index (κ2) is 14.1. The van der Waals surface area contributed by atoms with Crippen molar-refractivity contribution in [3.8, 4) is 0 Å². The summed E-state index contributed by atoms with van der Waals surface area (Å²) in [6.45, 7) is -1.49. The Bertz CT molecular complexity index is 866. The maximum Gasteiger partial charge on any atom is 0.187 e. The Balaban J connectivity index is 1.50. The highest BCUT2D eigenvalue weighted by molar-refractivity contribution is 5.02. The lowest BCUT2D eigenvalue weighted by Gasteiger charge is -2.47.